The fourth-order valence-corrected chi connectivity index (χ4v) is 2.47. The molecule has 0 saturated carbocycles. The molecule has 1 aromatic carbocycles. The van der Waals surface area contributed by atoms with Crippen LogP contribution < -0.4 is 5.73 Å². The monoisotopic (exact) mass is 271 g/mol. The van der Waals surface area contributed by atoms with Gasteiger partial charge in [0.15, 0.2) is 0 Å². The largest absolute Gasteiger partial charge is 0.443 e. The van der Waals surface area contributed by atoms with Crippen LogP contribution in [0, 0.1) is 0 Å². The van der Waals surface area contributed by atoms with Gasteiger partial charge in [-0.2, -0.15) is 0 Å². The van der Waals surface area contributed by atoms with Crippen LogP contribution in [0.4, 0.5) is 4.79 Å². The second kappa shape index (κ2) is 5.56. The maximum absolute atomic E-state index is 10.9. The van der Waals surface area contributed by atoms with Crippen molar-refractivity contribution in [3.05, 3.63) is 34.3 Å². The standard InChI is InChI=1S/C12H14ClNO4/c1-16-6-17-11-9(18-12(14)15)5-7-3-2-4-8(13)10(7)11/h2-4,9,11H,5-6H2,1H3,(H2,14,15)/t9-,11-/m1/s1. The molecule has 6 heteroatoms. The normalized spacial score (nSPS) is 21.7. The lowest BCUT2D eigenvalue weighted by molar-refractivity contribution is -0.109. The molecular formula is C12H14ClNO4. The molecule has 2 rings (SSSR count). The van der Waals surface area contributed by atoms with E-state index in [2.05, 4.69) is 0 Å². The minimum Gasteiger partial charge on any atom is -0.443 e. The van der Waals surface area contributed by atoms with E-state index < -0.39 is 18.3 Å². The van der Waals surface area contributed by atoms with Gasteiger partial charge in [-0.15, -0.1) is 0 Å². The second-order valence-electron chi connectivity index (χ2n) is 3.99. The lowest BCUT2D eigenvalue weighted by Crippen LogP contribution is -2.28. The fourth-order valence-electron chi connectivity index (χ4n) is 2.17. The minimum atomic E-state index is -0.824. The molecule has 1 aromatic rings. The number of rotatable bonds is 4. The van der Waals surface area contributed by atoms with Gasteiger partial charge in [-0.1, -0.05) is 23.7 Å². The van der Waals surface area contributed by atoms with E-state index in [-0.39, 0.29) is 6.79 Å². The maximum atomic E-state index is 10.9. The summed E-state index contributed by atoms with van der Waals surface area (Å²) < 4.78 is 15.5. The second-order valence-corrected chi connectivity index (χ2v) is 4.39. The summed E-state index contributed by atoms with van der Waals surface area (Å²) in [7, 11) is 1.52. The Morgan fingerprint density at radius 1 is 1.56 bits per heavy atom. The van der Waals surface area contributed by atoms with E-state index in [9.17, 15) is 4.79 Å². The molecule has 98 valence electrons. The Morgan fingerprint density at radius 2 is 2.33 bits per heavy atom. The molecule has 0 fully saturated rings. The van der Waals surface area contributed by atoms with Gasteiger partial charge < -0.3 is 19.9 Å². The molecule has 0 spiro atoms. The van der Waals surface area contributed by atoms with Gasteiger partial charge in [-0.25, -0.2) is 4.79 Å². The topological polar surface area (TPSA) is 70.8 Å². The van der Waals surface area contributed by atoms with E-state index in [1.807, 2.05) is 12.1 Å². The summed E-state index contributed by atoms with van der Waals surface area (Å²) in [4.78, 5) is 10.9. The van der Waals surface area contributed by atoms with Gasteiger partial charge in [0.05, 0.1) is 0 Å². The molecule has 1 amide bonds. The third kappa shape index (κ3) is 2.58. The zero-order valence-corrected chi connectivity index (χ0v) is 10.6. The number of benzene rings is 1. The number of amides is 1. The first-order chi connectivity index (χ1) is 8.63. The van der Waals surface area contributed by atoms with Crippen LogP contribution in [0.1, 0.15) is 17.2 Å². The smallest absolute Gasteiger partial charge is 0.404 e. The summed E-state index contributed by atoms with van der Waals surface area (Å²) in [6.07, 6.45) is -1.20. The van der Waals surface area contributed by atoms with Gasteiger partial charge in [-0.05, 0) is 11.6 Å². The number of carbonyl (C=O) groups excluding carboxylic acids is 1. The van der Waals surface area contributed by atoms with Crippen molar-refractivity contribution in [3.8, 4) is 0 Å². The molecule has 0 saturated heterocycles. The molecule has 2 N–H and O–H groups in total. The van der Waals surface area contributed by atoms with Crippen molar-refractivity contribution in [3.63, 3.8) is 0 Å². The van der Waals surface area contributed by atoms with Crippen LogP contribution in [0.15, 0.2) is 18.2 Å². The van der Waals surface area contributed by atoms with E-state index >= 15 is 0 Å². The van der Waals surface area contributed by atoms with E-state index in [1.54, 1.807) is 6.07 Å². The van der Waals surface area contributed by atoms with Crippen molar-refractivity contribution in [2.24, 2.45) is 5.73 Å². The van der Waals surface area contributed by atoms with Crippen molar-refractivity contribution in [2.45, 2.75) is 18.6 Å². The van der Waals surface area contributed by atoms with Gasteiger partial charge in [-0.3, -0.25) is 0 Å². The van der Waals surface area contributed by atoms with E-state index in [4.69, 9.17) is 31.5 Å². The molecule has 0 radical (unpaired) electrons. The predicted octanol–water partition coefficient (Wildman–Crippen LogP) is 2.02. The first-order valence-corrected chi connectivity index (χ1v) is 5.85. The van der Waals surface area contributed by atoms with Crippen molar-refractivity contribution in [1.29, 1.82) is 0 Å². The molecule has 18 heavy (non-hydrogen) atoms. The third-order valence-corrected chi connectivity index (χ3v) is 3.15. The number of hydrogen-bond donors (Lipinski definition) is 1. The average molecular weight is 272 g/mol. The fraction of sp³-hybridized carbons (Fsp3) is 0.417. The van der Waals surface area contributed by atoms with E-state index in [1.165, 1.54) is 7.11 Å². The van der Waals surface area contributed by atoms with Crippen LogP contribution in [0.25, 0.3) is 0 Å². The number of fused-ring (bicyclic) bond motifs is 1. The Bertz CT molecular complexity index is 452. The zero-order chi connectivity index (χ0) is 13.1. The molecular weight excluding hydrogens is 258 g/mol. The summed E-state index contributed by atoms with van der Waals surface area (Å²) >= 11 is 6.15. The minimum absolute atomic E-state index is 0.0912. The zero-order valence-electron chi connectivity index (χ0n) is 9.89. The van der Waals surface area contributed by atoms with Crippen LogP contribution in [0.3, 0.4) is 0 Å². The number of hydrogen-bond acceptors (Lipinski definition) is 4. The highest BCUT2D eigenvalue weighted by Crippen LogP contribution is 2.40. The lowest BCUT2D eigenvalue weighted by atomic mass is 10.1. The molecule has 2 atom stereocenters. The third-order valence-electron chi connectivity index (χ3n) is 2.82. The summed E-state index contributed by atoms with van der Waals surface area (Å²) in [5.74, 6) is 0. The summed E-state index contributed by atoms with van der Waals surface area (Å²) in [6, 6.07) is 5.55. The summed E-state index contributed by atoms with van der Waals surface area (Å²) in [5, 5.41) is 0.587. The molecule has 0 heterocycles. The molecule has 0 aromatic heterocycles. The first-order valence-electron chi connectivity index (χ1n) is 5.47. The molecule has 0 bridgehead atoms. The van der Waals surface area contributed by atoms with Crippen molar-refractivity contribution >= 4 is 17.7 Å². The van der Waals surface area contributed by atoms with Gasteiger partial charge in [0.2, 0.25) is 0 Å². The molecule has 1 aliphatic rings. The van der Waals surface area contributed by atoms with Crippen LogP contribution in [0.2, 0.25) is 5.02 Å². The number of nitrogens with two attached hydrogens (primary N) is 1. The first kappa shape index (κ1) is 13.1. The quantitative estimate of drug-likeness (QED) is 0.851. The number of primary amides is 1. The van der Waals surface area contributed by atoms with Crippen molar-refractivity contribution in [1.82, 2.24) is 0 Å². The van der Waals surface area contributed by atoms with Crippen LogP contribution in [-0.4, -0.2) is 26.1 Å². The van der Waals surface area contributed by atoms with Crippen molar-refractivity contribution < 1.29 is 19.0 Å². The average Bonchev–Trinajstić information content (AvgIpc) is 2.64. The van der Waals surface area contributed by atoms with Gasteiger partial charge >= 0.3 is 6.09 Å². The molecule has 0 unspecified atom stereocenters. The van der Waals surface area contributed by atoms with E-state index in [0.717, 1.165) is 11.1 Å². The molecule has 1 aliphatic carbocycles. The van der Waals surface area contributed by atoms with E-state index in [0.29, 0.717) is 11.4 Å². The van der Waals surface area contributed by atoms with Crippen LogP contribution in [-0.2, 0) is 20.6 Å². The SMILES string of the molecule is COCO[C@H]1c2c(Cl)cccc2C[C@H]1OC(N)=O. The number of ether oxygens (including phenoxy) is 3. The van der Waals surface area contributed by atoms with Crippen LogP contribution >= 0.6 is 11.6 Å². The highest BCUT2D eigenvalue weighted by atomic mass is 35.5. The number of carbonyl (C=O) groups is 1. The molecule has 0 aliphatic heterocycles. The van der Waals surface area contributed by atoms with Gasteiger partial charge in [0.25, 0.3) is 0 Å². The number of halogens is 1. The van der Waals surface area contributed by atoms with Crippen LogP contribution in [0.5, 0.6) is 0 Å². The summed E-state index contributed by atoms with van der Waals surface area (Å²) in [5.41, 5.74) is 6.89. The molecule has 5 nitrogen and oxygen atoms in total. The van der Waals surface area contributed by atoms with Gasteiger partial charge in [0, 0.05) is 24.1 Å². The highest BCUT2D eigenvalue weighted by molar-refractivity contribution is 6.31. The lowest BCUT2D eigenvalue weighted by Gasteiger charge is -2.20. The van der Waals surface area contributed by atoms with Gasteiger partial charge in [0.1, 0.15) is 19.0 Å². The predicted molar refractivity (Wildman–Crippen MR) is 65.3 cm³/mol. The number of methoxy groups -OCH3 is 1. The Morgan fingerprint density at radius 3 is 3.00 bits per heavy atom. The Hall–Kier alpha value is -1.30. The summed E-state index contributed by atoms with van der Waals surface area (Å²) in [6.45, 7) is 0.0912. The Kier molecular flexibility index (Phi) is 4.06. The maximum Gasteiger partial charge on any atom is 0.404 e. The highest BCUT2D eigenvalue weighted by Gasteiger charge is 2.37. The van der Waals surface area contributed by atoms with Crippen molar-refractivity contribution in [2.75, 3.05) is 13.9 Å². The Labute approximate surface area is 110 Å². The Balaban J connectivity index is 2.26.